The van der Waals surface area contributed by atoms with Crippen molar-refractivity contribution in [2.45, 2.75) is 0 Å². The van der Waals surface area contributed by atoms with Crippen molar-refractivity contribution in [1.29, 1.82) is 0 Å². The van der Waals surface area contributed by atoms with Crippen LogP contribution in [0.4, 0.5) is 0 Å². The summed E-state index contributed by atoms with van der Waals surface area (Å²) in [4.78, 5) is 0. The molecule has 3 aromatic carbocycles. The third-order valence-electron chi connectivity index (χ3n) is 3.47. The second kappa shape index (κ2) is 6.37. The van der Waals surface area contributed by atoms with Gasteiger partial charge in [-0.25, -0.2) is 0 Å². The van der Waals surface area contributed by atoms with Gasteiger partial charge in [0.05, 0.1) is 0 Å². The van der Waals surface area contributed by atoms with Crippen molar-refractivity contribution in [1.82, 2.24) is 0 Å². The predicted molar refractivity (Wildman–Crippen MR) is 98.1 cm³/mol. The summed E-state index contributed by atoms with van der Waals surface area (Å²) in [6.45, 7) is 0. The van der Waals surface area contributed by atoms with E-state index in [2.05, 4.69) is 108 Å². The van der Waals surface area contributed by atoms with E-state index >= 15 is 0 Å². The first-order valence-corrected chi connectivity index (χ1v) is 9.51. The summed E-state index contributed by atoms with van der Waals surface area (Å²) in [6, 6.07) is 30.8. The van der Waals surface area contributed by atoms with Gasteiger partial charge in [-0.1, -0.05) is 88.4 Å². The van der Waals surface area contributed by atoms with E-state index in [1.165, 1.54) is 19.1 Å². The summed E-state index contributed by atoms with van der Waals surface area (Å²) < 4.78 is 1.29. The minimum absolute atomic E-state index is 1.29. The molecule has 0 aromatic heterocycles. The highest BCUT2D eigenvalue weighted by atomic mass is 127. The highest BCUT2D eigenvalue weighted by molar-refractivity contribution is 14.1. The molecule has 20 heavy (non-hydrogen) atoms. The van der Waals surface area contributed by atoms with Crippen molar-refractivity contribution in [3.05, 3.63) is 88.5 Å². The van der Waals surface area contributed by atoms with Gasteiger partial charge in [0.1, 0.15) is 8.80 Å². The third kappa shape index (κ3) is 3.02. The van der Waals surface area contributed by atoms with Gasteiger partial charge in [0, 0.05) is 3.57 Å². The maximum Gasteiger partial charge on any atom is 0.132 e. The number of hydrogen-bond acceptors (Lipinski definition) is 0. The fourth-order valence-electron chi connectivity index (χ4n) is 2.52. The molecule has 0 aliphatic rings. The summed E-state index contributed by atoms with van der Waals surface area (Å²) in [5, 5.41) is 4.42. The molecule has 0 N–H and O–H groups in total. The molecule has 0 fully saturated rings. The zero-order chi connectivity index (χ0) is 13.8. The van der Waals surface area contributed by atoms with Crippen LogP contribution in [0.3, 0.4) is 0 Å². The molecule has 0 aliphatic heterocycles. The Kier molecular flexibility index (Phi) is 4.33. The summed E-state index contributed by atoms with van der Waals surface area (Å²) in [6.07, 6.45) is 0. The van der Waals surface area contributed by atoms with E-state index in [-0.39, 0.29) is 0 Å². The smallest absolute Gasteiger partial charge is 0.0625 e. The van der Waals surface area contributed by atoms with Gasteiger partial charge in [-0.15, -0.1) is 0 Å². The molecular formula is C18H15ISi. The second-order valence-corrected chi connectivity index (χ2v) is 8.92. The van der Waals surface area contributed by atoms with E-state index in [4.69, 9.17) is 0 Å². The van der Waals surface area contributed by atoms with Crippen molar-refractivity contribution in [3.63, 3.8) is 0 Å². The Morgan fingerprint density at radius 1 is 0.500 bits per heavy atom. The maximum atomic E-state index is 2.36. The van der Waals surface area contributed by atoms with Crippen molar-refractivity contribution in [3.8, 4) is 0 Å². The SMILES string of the molecule is Ic1ccc([SiH](c2ccccc2)c2ccccc2)cc1. The van der Waals surface area contributed by atoms with Crippen molar-refractivity contribution in [2.24, 2.45) is 0 Å². The van der Waals surface area contributed by atoms with Crippen LogP contribution in [0.15, 0.2) is 84.9 Å². The van der Waals surface area contributed by atoms with Crippen LogP contribution in [0.25, 0.3) is 0 Å². The van der Waals surface area contributed by atoms with Crippen molar-refractivity contribution >= 4 is 46.9 Å². The molecule has 0 nitrogen and oxygen atoms in total. The summed E-state index contributed by atoms with van der Waals surface area (Å²) >= 11 is 2.36. The van der Waals surface area contributed by atoms with Crippen LogP contribution in [0.5, 0.6) is 0 Å². The van der Waals surface area contributed by atoms with E-state index in [1.807, 2.05) is 0 Å². The average molecular weight is 386 g/mol. The molecule has 0 heterocycles. The quantitative estimate of drug-likeness (QED) is 0.369. The molecule has 0 bridgehead atoms. The van der Waals surface area contributed by atoms with E-state index in [1.54, 1.807) is 0 Å². The number of halogens is 1. The molecule has 3 rings (SSSR count). The van der Waals surface area contributed by atoms with Crippen LogP contribution in [-0.2, 0) is 0 Å². The second-order valence-electron chi connectivity index (χ2n) is 4.81. The lowest BCUT2D eigenvalue weighted by Gasteiger charge is -2.17. The first-order chi connectivity index (χ1) is 9.84. The molecule has 0 spiro atoms. The summed E-state index contributed by atoms with van der Waals surface area (Å²) in [5.41, 5.74) is 0. The van der Waals surface area contributed by atoms with Gasteiger partial charge < -0.3 is 0 Å². The summed E-state index contributed by atoms with van der Waals surface area (Å²) in [7, 11) is -1.33. The van der Waals surface area contributed by atoms with E-state index < -0.39 is 8.80 Å². The maximum absolute atomic E-state index is 2.36. The van der Waals surface area contributed by atoms with Crippen LogP contribution < -0.4 is 15.6 Å². The van der Waals surface area contributed by atoms with Crippen molar-refractivity contribution < 1.29 is 0 Å². The van der Waals surface area contributed by atoms with E-state index in [9.17, 15) is 0 Å². The summed E-state index contributed by atoms with van der Waals surface area (Å²) in [5.74, 6) is 0. The molecular weight excluding hydrogens is 371 g/mol. The minimum atomic E-state index is -1.33. The van der Waals surface area contributed by atoms with Crippen molar-refractivity contribution in [2.75, 3.05) is 0 Å². The van der Waals surface area contributed by atoms with Gasteiger partial charge in [0.2, 0.25) is 0 Å². The highest BCUT2D eigenvalue weighted by Crippen LogP contribution is 2.02. The highest BCUT2D eigenvalue weighted by Gasteiger charge is 2.17. The first-order valence-electron chi connectivity index (χ1n) is 6.70. The zero-order valence-electron chi connectivity index (χ0n) is 11.0. The number of benzene rings is 3. The largest absolute Gasteiger partial charge is 0.132 e. The van der Waals surface area contributed by atoms with E-state index in [0.29, 0.717) is 0 Å². The fourth-order valence-corrected chi connectivity index (χ4v) is 5.83. The van der Waals surface area contributed by atoms with Crippen LogP contribution in [0, 0.1) is 3.57 Å². The molecule has 98 valence electrons. The Bertz CT molecular complexity index is 623. The fraction of sp³-hybridized carbons (Fsp3) is 0. The Hall–Kier alpha value is -1.39. The zero-order valence-corrected chi connectivity index (χ0v) is 14.4. The van der Waals surface area contributed by atoms with Crippen LogP contribution >= 0.6 is 22.6 Å². The van der Waals surface area contributed by atoms with Gasteiger partial charge in [0.15, 0.2) is 0 Å². The van der Waals surface area contributed by atoms with E-state index in [0.717, 1.165) is 0 Å². The Morgan fingerprint density at radius 2 is 0.900 bits per heavy atom. The predicted octanol–water partition coefficient (Wildman–Crippen LogP) is 2.54. The first kappa shape index (κ1) is 13.6. The Balaban J connectivity index is 2.11. The lowest BCUT2D eigenvalue weighted by Crippen LogP contribution is -2.51. The van der Waals surface area contributed by atoms with Gasteiger partial charge in [0.25, 0.3) is 0 Å². The topological polar surface area (TPSA) is 0 Å². The number of rotatable bonds is 3. The van der Waals surface area contributed by atoms with Gasteiger partial charge >= 0.3 is 0 Å². The molecule has 0 amide bonds. The average Bonchev–Trinajstić information content (AvgIpc) is 2.52. The molecule has 3 aromatic rings. The third-order valence-corrected chi connectivity index (χ3v) is 7.34. The standard InChI is InChI=1S/C18H15ISi/c19-15-11-13-18(14-12-15)20(16-7-3-1-4-8-16)17-9-5-2-6-10-17/h1-14,20H. The molecule has 0 atom stereocenters. The van der Waals surface area contributed by atoms with Crippen LogP contribution in [0.2, 0.25) is 0 Å². The van der Waals surface area contributed by atoms with Gasteiger partial charge in [-0.05, 0) is 34.7 Å². The van der Waals surface area contributed by atoms with Gasteiger partial charge in [-0.3, -0.25) is 0 Å². The van der Waals surface area contributed by atoms with Gasteiger partial charge in [-0.2, -0.15) is 0 Å². The molecule has 0 saturated heterocycles. The molecule has 0 unspecified atom stereocenters. The minimum Gasteiger partial charge on any atom is -0.0625 e. The number of hydrogen-bond donors (Lipinski definition) is 0. The normalized spacial score (nSPS) is 10.7. The lowest BCUT2D eigenvalue weighted by molar-refractivity contribution is 1.67. The molecule has 0 saturated carbocycles. The lowest BCUT2D eigenvalue weighted by atomic mass is 10.3. The molecule has 0 aliphatic carbocycles. The Labute approximate surface area is 135 Å². The van der Waals surface area contributed by atoms with Crippen LogP contribution in [0.1, 0.15) is 0 Å². The molecule has 2 heteroatoms. The monoisotopic (exact) mass is 386 g/mol. The Morgan fingerprint density at radius 3 is 1.35 bits per heavy atom. The molecule has 0 radical (unpaired) electrons. The van der Waals surface area contributed by atoms with Crippen LogP contribution in [-0.4, -0.2) is 8.80 Å².